The third-order valence-electron chi connectivity index (χ3n) is 1.86. The van der Waals surface area contributed by atoms with Crippen LogP contribution in [-0.2, 0) is 16.0 Å². The zero-order chi connectivity index (χ0) is 12.1. The lowest BCUT2D eigenvalue weighted by Gasteiger charge is -2.04. The van der Waals surface area contributed by atoms with E-state index in [-0.39, 0.29) is 16.5 Å². The molecule has 0 atom stereocenters. The highest BCUT2D eigenvalue weighted by atomic mass is 79.9. The highest BCUT2D eigenvalue weighted by Gasteiger charge is 2.11. The van der Waals surface area contributed by atoms with Crippen LogP contribution >= 0.6 is 15.9 Å². The van der Waals surface area contributed by atoms with Crippen molar-refractivity contribution < 1.29 is 13.9 Å². The molecule has 0 N–H and O–H groups in total. The number of nitriles is 1. The summed E-state index contributed by atoms with van der Waals surface area (Å²) in [6, 6.07) is 4.53. The Morgan fingerprint density at radius 2 is 2.31 bits per heavy atom. The van der Waals surface area contributed by atoms with Crippen molar-refractivity contribution in [2.75, 3.05) is 6.61 Å². The predicted octanol–water partition coefficient (Wildman–Crippen LogP) is 2.57. The van der Waals surface area contributed by atoms with E-state index < -0.39 is 11.8 Å². The Kier molecular flexibility index (Phi) is 4.44. The summed E-state index contributed by atoms with van der Waals surface area (Å²) >= 11 is 2.99. The molecule has 0 aliphatic carbocycles. The number of rotatable bonds is 3. The van der Waals surface area contributed by atoms with E-state index in [0.717, 1.165) is 0 Å². The van der Waals surface area contributed by atoms with Gasteiger partial charge in [0, 0.05) is 0 Å². The summed E-state index contributed by atoms with van der Waals surface area (Å²) < 4.78 is 18.2. The van der Waals surface area contributed by atoms with Crippen LogP contribution in [0.5, 0.6) is 0 Å². The van der Waals surface area contributed by atoms with Gasteiger partial charge in [-0.25, -0.2) is 4.39 Å². The highest BCUT2D eigenvalue weighted by Crippen LogP contribution is 2.21. The second-order valence-electron chi connectivity index (χ2n) is 3.03. The molecular formula is C11H9BrFNO2. The minimum absolute atomic E-state index is 0.0292. The summed E-state index contributed by atoms with van der Waals surface area (Å²) in [5, 5.41) is 8.68. The summed E-state index contributed by atoms with van der Waals surface area (Å²) in [6.07, 6.45) is 0.0292. The fourth-order valence-electron chi connectivity index (χ4n) is 1.21. The molecule has 84 valence electrons. The van der Waals surface area contributed by atoms with Crippen molar-refractivity contribution in [3.8, 4) is 6.07 Å². The maximum Gasteiger partial charge on any atom is 0.310 e. The Bertz CT molecular complexity index is 454. The second-order valence-corrected chi connectivity index (χ2v) is 3.89. The maximum atomic E-state index is 13.3. The molecule has 0 aliphatic rings. The minimum Gasteiger partial charge on any atom is -0.466 e. The highest BCUT2D eigenvalue weighted by molar-refractivity contribution is 9.10. The molecule has 0 bridgehead atoms. The number of carbonyl (C=O) groups is 1. The second kappa shape index (κ2) is 5.61. The summed E-state index contributed by atoms with van der Waals surface area (Å²) in [7, 11) is 0. The topological polar surface area (TPSA) is 50.1 Å². The molecule has 1 aromatic rings. The van der Waals surface area contributed by atoms with Gasteiger partial charge in [0.2, 0.25) is 0 Å². The molecule has 5 heteroatoms. The minimum atomic E-state index is -0.616. The zero-order valence-corrected chi connectivity index (χ0v) is 10.2. The zero-order valence-electron chi connectivity index (χ0n) is 8.59. The molecule has 0 heterocycles. The van der Waals surface area contributed by atoms with Gasteiger partial charge in [0.05, 0.1) is 23.1 Å². The molecule has 16 heavy (non-hydrogen) atoms. The third-order valence-corrected chi connectivity index (χ3v) is 2.44. The first-order valence-corrected chi connectivity index (χ1v) is 5.41. The van der Waals surface area contributed by atoms with Crippen LogP contribution in [0.15, 0.2) is 16.6 Å². The van der Waals surface area contributed by atoms with E-state index in [1.807, 2.05) is 0 Å². The lowest BCUT2D eigenvalue weighted by atomic mass is 10.1. The molecule has 0 saturated heterocycles. The predicted molar refractivity (Wildman–Crippen MR) is 59.2 cm³/mol. The standard InChI is InChI=1S/C11H9BrFNO2/c1-2-16-10(15)5-7-3-8(6-14)11(13)9(12)4-7/h3-4H,2,5H2,1H3. The van der Waals surface area contributed by atoms with Crippen LogP contribution in [0.4, 0.5) is 4.39 Å². The first-order valence-electron chi connectivity index (χ1n) is 4.62. The molecule has 0 spiro atoms. The average molecular weight is 286 g/mol. The quantitative estimate of drug-likeness (QED) is 0.802. The monoisotopic (exact) mass is 285 g/mol. The molecule has 3 nitrogen and oxygen atoms in total. The molecule has 0 amide bonds. The molecule has 0 saturated carbocycles. The first-order chi connectivity index (χ1) is 7.58. The van der Waals surface area contributed by atoms with Gasteiger partial charge in [-0.3, -0.25) is 4.79 Å². The normalized spacial score (nSPS) is 9.62. The lowest BCUT2D eigenvalue weighted by Crippen LogP contribution is -2.08. The van der Waals surface area contributed by atoms with Gasteiger partial charge in [0.25, 0.3) is 0 Å². The van der Waals surface area contributed by atoms with Gasteiger partial charge in [-0.05, 0) is 40.5 Å². The number of benzene rings is 1. The fraction of sp³-hybridized carbons (Fsp3) is 0.273. The number of hydrogen-bond acceptors (Lipinski definition) is 3. The molecule has 0 fully saturated rings. The van der Waals surface area contributed by atoms with Crippen LogP contribution in [-0.4, -0.2) is 12.6 Å². The Morgan fingerprint density at radius 1 is 1.62 bits per heavy atom. The van der Waals surface area contributed by atoms with Crippen molar-refractivity contribution in [3.05, 3.63) is 33.5 Å². The number of hydrogen-bond donors (Lipinski definition) is 0. The van der Waals surface area contributed by atoms with E-state index in [2.05, 4.69) is 15.9 Å². The van der Waals surface area contributed by atoms with Gasteiger partial charge in [0.15, 0.2) is 5.82 Å². The van der Waals surface area contributed by atoms with E-state index in [1.54, 1.807) is 13.0 Å². The van der Waals surface area contributed by atoms with Gasteiger partial charge in [-0.2, -0.15) is 5.26 Å². The van der Waals surface area contributed by atoms with Gasteiger partial charge in [-0.1, -0.05) is 0 Å². The van der Waals surface area contributed by atoms with E-state index in [4.69, 9.17) is 10.00 Å². The number of esters is 1. The largest absolute Gasteiger partial charge is 0.466 e. The Labute approximate surface area is 101 Å². The van der Waals surface area contributed by atoms with E-state index in [9.17, 15) is 9.18 Å². The summed E-state index contributed by atoms with van der Waals surface area (Å²) in [4.78, 5) is 11.2. The molecule has 0 aliphatic heterocycles. The maximum absolute atomic E-state index is 13.3. The van der Waals surface area contributed by atoms with Crippen molar-refractivity contribution in [2.24, 2.45) is 0 Å². The van der Waals surface area contributed by atoms with Crippen molar-refractivity contribution in [3.63, 3.8) is 0 Å². The Balaban J connectivity index is 2.95. The van der Waals surface area contributed by atoms with Gasteiger partial charge in [-0.15, -0.1) is 0 Å². The van der Waals surface area contributed by atoms with Crippen LogP contribution in [0, 0.1) is 17.1 Å². The fourth-order valence-corrected chi connectivity index (χ4v) is 1.71. The molecule has 0 unspecified atom stereocenters. The average Bonchev–Trinajstić information content (AvgIpc) is 2.23. The smallest absolute Gasteiger partial charge is 0.310 e. The summed E-state index contributed by atoms with van der Waals surface area (Å²) in [5.41, 5.74) is 0.456. The van der Waals surface area contributed by atoms with Crippen LogP contribution in [0.2, 0.25) is 0 Å². The SMILES string of the molecule is CCOC(=O)Cc1cc(Br)c(F)c(C#N)c1. The van der Waals surface area contributed by atoms with E-state index in [0.29, 0.717) is 12.2 Å². The van der Waals surface area contributed by atoms with E-state index >= 15 is 0 Å². The first kappa shape index (κ1) is 12.7. The van der Waals surface area contributed by atoms with Crippen LogP contribution < -0.4 is 0 Å². The van der Waals surface area contributed by atoms with Crippen LogP contribution in [0.3, 0.4) is 0 Å². The van der Waals surface area contributed by atoms with Crippen LogP contribution in [0.25, 0.3) is 0 Å². The van der Waals surface area contributed by atoms with Crippen molar-refractivity contribution >= 4 is 21.9 Å². The van der Waals surface area contributed by atoms with Crippen molar-refractivity contribution in [1.82, 2.24) is 0 Å². The number of nitrogens with zero attached hydrogens (tertiary/aromatic N) is 1. The molecular weight excluding hydrogens is 277 g/mol. The van der Waals surface area contributed by atoms with Gasteiger partial charge in [0.1, 0.15) is 6.07 Å². The number of carbonyl (C=O) groups excluding carboxylic acids is 1. The summed E-state index contributed by atoms with van der Waals surface area (Å²) in [6.45, 7) is 2.01. The van der Waals surface area contributed by atoms with Gasteiger partial charge < -0.3 is 4.74 Å². The van der Waals surface area contributed by atoms with Crippen molar-refractivity contribution in [2.45, 2.75) is 13.3 Å². The number of ether oxygens (including phenoxy) is 1. The molecule has 0 aromatic heterocycles. The third kappa shape index (κ3) is 3.04. The molecule has 1 rings (SSSR count). The summed E-state index contributed by atoms with van der Waals surface area (Å²) in [5.74, 6) is -1.01. The van der Waals surface area contributed by atoms with Gasteiger partial charge >= 0.3 is 5.97 Å². The molecule has 0 radical (unpaired) electrons. The van der Waals surface area contributed by atoms with E-state index in [1.165, 1.54) is 12.1 Å². The molecule has 1 aromatic carbocycles. The Hall–Kier alpha value is -1.41. The lowest BCUT2D eigenvalue weighted by molar-refractivity contribution is -0.142. The van der Waals surface area contributed by atoms with Crippen molar-refractivity contribution in [1.29, 1.82) is 5.26 Å². The number of halogens is 2. The van der Waals surface area contributed by atoms with Crippen LogP contribution in [0.1, 0.15) is 18.1 Å². The Morgan fingerprint density at radius 3 is 2.88 bits per heavy atom.